The molecule has 1 rings (SSSR count). The lowest BCUT2D eigenvalue weighted by molar-refractivity contribution is -0.137. The Labute approximate surface area is 93.6 Å². The van der Waals surface area contributed by atoms with Gasteiger partial charge in [0.2, 0.25) is 0 Å². The minimum absolute atomic E-state index is 0.237. The molecule has 4 nitrogen and oxygen atoms in total. The molecule has 0 fully saturated rings. The van der Waals surface area contributed by atoms with E-state index in [4.69, 9.17) is 5.11 Å². The summed E-state index contributed by atoms with van der Waals surface area (Å²) in [7, 11) is 1.98. The fraction of sp³-hybridized carbons (Fsp3) is 0.600. The molecule has 15 heavy (non-hydrogen) atoms. The summed E-state index contributed by atoms with van der Waals surface area (Å²) in [6.45, 7) is 3.57. The van der Waals surface area contributed by atoms with E-state index in [0.717, 1.165) is 23.8 Å². The van der Waals surface area contributed by atoms with E-state index in [-0.39, 0.29) is 6.42 Å². The first kappa shape index (κ1) is 12.1. The van der Waals surface area contributed by atoms with E-state index >= 15 is 0 Å². The third kappa shape index (κ3) is 4.90. The smallest absolute Gasteiger partial charge is 0.303 e. The lowest BCUT2D eigenvalue weighted by Crippen LogP contribution is -2.20. The molecule has 0 amide bonds. The Morgan fingerprint density at radius 2 is 2.40 bits per heavy atom. The summed E-state index contributed by atoms with van der Waals surface area (Å²) < 4.78 is 0. The van der Waals surface area contributed by atoms with Gasteiger partial charge in [0.15, 0.2) is 0 Å². The summed E-state index contributed by atoms with van der Waals surface area (Å²) >= 11 is 1.64. The van der Waals surface area contributed by atoms with Crippen molar-refractivity contribution in [3.05, 3.63) is 16.1 Å². The molecule has 0 saturated carbocycles. The maximum Gasteiger partial charge on any atom is 0.303 e. The number of carboxylic acid groups (broad SMARTS) is 1. The maximum absolute atomic E-state index is 10.3. The van der Waals surface area contributed by atoms with Gasteiger partial charge in [-0.2, -0.15) is 0 Å². The van der Waals surface area contributed by atoms with Crippen molar-refractivity contribution in [1.82, 2.24) is 9.88 Å². The molecule has 0 radical (unpaired) electrons. The van der Waals surface area contributed by atoms with Gasteiger partial charge >= 0.3 is 5.97 Å². The highest BCUT2D eigenvalue weighted by Crippen LogP contribution is 2.09. The Hall–Kier alpha value is -0.940. The van der Waals surface area contributed by atoms with Gasteiger partial charge in [0.05, 0.1) is 10.7 Å². The van der Waals surface area contributed by atoms with E-state index in [1.165, 1.54) is 0 Å². The molecule has 5 heteroatoms. The lowest BCUT2D eigenvalue weighted by Gasteiger charge is -2.13. The second-order valence-corrected chi connectivity index (χ2v) is 4.66. The molecule has 1 N–H and O–H groups in total. The van der Waals surface area contributed by atoms with E-state index < -0.39 is 5.97 Å². The van der Waals surface area contributed by atoms with Crippen molar-refractivity contribution in [3.63, 3.8) is 0 Å². The molecule has 0 aliphatic rings. The van der Waals surface area contributed by atoms with Crippen molar-refractivity contribution in [2.75, 3.05) is 13.6 Å². The van der Waals surface area contributed by atoms with Crippen molar-refractivity contribution in [2.24, 2.45) is 0 Å². The van der Waals surface area contributed by atoms with E-state index in [0.29, 0.717) is 6.42 Å². The first-order valence-corrected chi connectivity index (χ1v) is 5.77. The number of aliphatic carboxylic acids is 1. The van der Waals surface area contributed by atoms with Crippen LogP contribution < -0.4 is 0 Å². The summed E-state index contributed by atoms with van der Waals surface area (Å²) in [5, 5.41) is 11.6. The molecule has 0 aliphatic carbocycles. The van der Waals surface area contributed by atoms with Gasteiger partial charge in [-0.05, 0) is 26.9 Å². The minimum Gasteiger partial charge on any atom is -0.481 e. The third-order valence-electron chi connectivity index (χ3n) is 2.03. The van der Waals surface area contributed by atoms with Crippen molar-refractivity contribution < 1.29 is 9.90 Å². The van der Waals surface area contributed by atoms with Crippen LogP contribution in [0, 0.1) is 6.92 Å². The van der Waals surface area contributed by atoms with Crippen LogP contribution in [0.3, 0.4) is 0 Å². The second-order valence-electron chi connectivity index (χ2n) is 3.59. The van der Waals surface area contributed by atoms with Gasteiger partial charge in [0.25, 0.3) is 0 Å². The zero-order valence-electron chi connectivity index (χ0n) is 9.06. The monoisotopic (exact) mass is 228 g/mol. The van der Waals surface area contributed by atoms with Gasteiger partial charge in [-0.15, -0.1) is 11.3 Å². The van der Waals surface area contributed by atoms with E-state index in [9.17, 15) is 4.79 Å². The molecule has 84 valence electrons. The van der Waals surface area contributed by atoms with Gasteiger partial charge in [0.1, 0.15) is 0 Å². The van der Waals surface area contributed by atoms with Gasteiger partial charge in [0, 0.05) is 18.3 Å². The third-order valence-corrected chi connectivity index (χ3v) is 2.85. The average molecular weight is 228 g/mol. The molecule has 0 bridgehead atoms. The predicted octanol–water partition coefficient (Wildman–Crippen LogP) is 1.75. The summed E-state index contributed by atoms with van der Waals surface area (Å²) in [6, 6.07) is 0. The first-order chi connectivity index (χ1) is 7.08. The van der Waals surface area contributed by atoms with Crippen molar-refractivity contribution in [2.45, 2.75) is 26.3 Å². The molecule has 1 aromatic heterocycles. The lowest BCUT2D eigenvalue weighted by atomic mass is 10.3. The first-order valence-electron chi connectivity index (χ1n) is 4.89. The Balaban J connectivity index is 2.24. The van der Waals surface area contributed by atoms with Crippen LogP contribution in [0.5, 0.6) is 0 Å². The number of carbonyl (C=O) groups is 1. The average Bonchev–Trinajstić information content (AvgIpc) is 2.50. The molecule has 1 aromatic rings. The number of thiazole rings is 1. The number of nitrogens with zero attached hydrogens (tertiary/aromatic N) is 2. The molecule has 0 aliphatic heterocycles. The van der Waals surface area contributed by atoms with E-state index in [1.54, 1.807) is 11.3 Å². The summed E-state index contributed by atoms with van der Waals surface area (Å²) in [5.41, 5.74) is 1.07. The van der Waals surface area contributed by atoms with Gasteiger partial charge in [-0.1, -0.05) is 0 Å². The zero-order chi connectivity index (χ0) is 11.3. The van der Waals surface area contributed by atoms with Gasteiger partial charge in [-0.3, -0.25) is 4.79 Å². The Bertz CT molecular complexity index is 325. The highest BCUT2D eigenvalue weighted by molar-refractivity contribution is 7.09. The van der Waals surface area contributed by atoms with Crippen LogP contribution in [-0.4, -0.2) is 34.6 Å². The SMILES string of the molecule is Cc1nc(CN(C)CCCC(=O)O)cs1. The van der Waals surface area contributed by atoms with Crippen LogP contribution in [0.15, 0.2) is 5.38 Å². The van der Waals surface area contributed by atoms with Crippen LogP contribution >= 0.6 is 11.3 Å². The van der Waals surface area contributed by atoms with Gasteiger partial charge < -0.3 is 10.0 Å². The number of aryl methyl sites for hydroxylation is 1. The fourth-order valence-electron chi connectivity index (χ4n) is 1.34. The van der Waals surface area contributed by atoms with Crippen LogP contribution in [-0.2, 0) is 11.3 Å². The van der Waals surface area contributed by atoms with Crippen molar-refractivity contribution in [3.8, 4) is 0 Å². The molecule has 0 spiro atoms. The molecule has 0 saturated heterocycles. The largest absolute Gasteiger partial charge is 0.481 e. The highest BCUT2D eigenvalue weighted by atomic mass is 32.1. The van der Waals surface area contributed by atoms with Crippen LogP contribution in [0.1, 0.15) is 23.5 Å². The number of rotatable bonds is 6. The normalized spacial score (nSPS) is 10.9. The minimum atomic E-state index is -0.729. The summed E-state index contributed by atoms with van der Waals surface area (Å²) in [4.78, 5) is 16.8. The van der Waals surface area contributed by atoms with Crippen LogP contribution in [0.2, 0.25) is 0 Å². The molecule has 0 atom stereocenters. The predicted molar refractivity (Wildman–Crippen MR) is 60.1 cm³/mol. The van der Waals surface area contributed by atoms with E-state index in [2.05, 4.69) is 9.88 Å². The molecular formula is C10H16N2O2S. The quantitative estimate of drug-likeness (QED) is 0.806. The molecular weight excluding hydrogens is 212 g/mol. The number of hydrogen-bond acceptors (Lipinski definition) is 4. The second kappa shape index (κ2) is 5.82. The molecule has 1 heterocycles. The topological polar surface area (TPSA) is 53.4 Å². The maximum atomic E-state index is 10.3. The Kier molecular flexibility index (Phi) is 4.71. The van der Waals surface area contributed by atoms with Gasteiger partial charge in [-0.25, -0.2) is 4.98 Å². The summed E-state index contributed by atoms with van der Waals surface area (Å²) in [5.74, 6) is -0.729. The van der Waals surface area contributed by atoms with Crippen molar-refractivity contribution >= 4 is 17.3 Å². The van der Waals surface area contributed by atoms with Crippen LogP contribution in [0.25, 0.3) is 0 Å². The standard InChI is InChI=1S/C10H16N2O2S/c1-8-11-9(7-15-8)6-12(2)5-3-4-10(13)14/h7H,3-6H2,1-2H3,(H,13,14). The zero-order valence-corrected chi connectivity index (χ0v) is 9.88. The van der Waals surface area contributed by atoms with E-state index in [1.807, 2.05) is 19.4 Å². The Morgan fingerprint density at radius 1 is 1.67 bits per heavy atom. The number of aromatic nitrogens is 1. The molecule has 0 aromatic carbocycles. The Morgan fingerprint density at radius 3 is 2.93 bits per heavy atom. The molecule has 0 unspecified atom stereocenters. The summed E-state index contributed by atoms with van der Waals surface area (Å²) in [6.07, 6.45) is 0.926. The van der Waals surface area contributed by atoms with Crippen molar-refractivity contribution in [1.29, 1.82) is 0 Å². The van der Waals surface area contributed by atoms with Crippen LogP contribution in [0.4, 0.5) is 0 Å². The number of carboxylic acids is 1. The highest BCUT2D eigenvalue weighted by Gasteiger charge is 2.04. The fourth-order valence-corrected chi connectivity index (χ4v) is 1.94. The number of hydrogen-bond donors (Lipinski definition) is 1.